The Morgan fingerprint density at radius 2 is 2.17 bits per heavy atom. The van der Waals surface area contributed by atoms with Gasteiger partial charge in [-0.05, 0) is 25.1 Å². The van der Waals surface area contributed by atoms with Crippen LogP contribution in [0.5, 0.6) is 0 Å². The van der Waals surface area contributed by atoms with Crippen LogP contribution in [-0.2, 0) is 10.0 Å². The van der Waals surface area contributed by atoms with Crippen molar-refractivity contribution in [2.45, 2.75) is 17.9 Å². The molecule has 0 spiro atoms. The summed E-state index contributed by atoms with van der Waals surface area (Å²) < 4.78 is 39.0. The summed E-state index contributed by atoms with van der Waals surface area (Å²) in [6.07, 6.45) is 1.37. The van der Waals surface area contributed by atoms with Gasteiger partial charge in [0.05, 0.1) is 10.5 Å². The van der Waals surface area contributed by atoms with Gasteiger partial charge in [-0.25, -0.2) is 22.3 Å². The molecule has 0 amide bonds. The molecule has 0 heterocycles. The molecule has 1 unspecified atom stereocenters. The first-order valence-corrected chi connectivity index (χ1v) is 6.44. The molecule has 1 aromatic carbocycles. The van der Waals surface area contributed by atoms with E-state index in [1.165, 1.54) is 6.08 Å². The summed E-state index contributed by atoms with van der Waals surface area (Å²) in [6, 6.07) is 2.06. The van der Waals surface area contributed by atoms with Gasteiger partial charge in [-0.1, -0.05) is 6.08 Å². The smallest absolute Gasteiger partial charge is 0.338 e. The van der Waals surface area contributed by atoms with Crippen molar-refractivity contribution >= 4 is 16.0 Å². The second kappa shape index (κ2) is 5.28. The molecule has 2 N–H and O–H groups in total. The van der Waals surface area contributed by atoms with Crippen molar-refractivity contribution in [2.75, 3.05) is 0 Å². The summed E-state index contributed by atoms with van der Waals surface area (Å²) in [5.74, 6) is -2.51. The Labute approximate surface area is 104 Å². The zero-order chi connectivity index (χ0) is 13.9. The molecule has 98 valence electrons. The van der Waals surface area contributed by atoms with E-state index in [0.29, 0.717) is 0 Å². The lowest BCUT2D eigenvalue weighted by Crippen LogP contribution is -2.31. The van der Waals surface area contributed by atoms with Gasteiger partial charge in [-0.2, -0.15) is 0 Å². The lowest BCUT2D eigenvalue weighted by atomic mass is 10.2. The highest BCUT2D eigenvalue weighted by Crippen LogP contribution is 2.15. The van der Waals surface area contributed by atoms with Gasteiger partial charge in [0, 0.05) is 6.04 Å². The van der Waals surface area contributed by atoms with Crippen LogP contribution in [0.4, 0.5) is 4.39 Å². The van der Waals surface area contributed by atoms with Crippen LogP contribution < -0.4 is 4.72 Å². The van der Waals surface area contributed by atoms with Crippen LogP contribution >= 0.6 is 0 Å². The molecule has 18 heavy (non-hydrogen) atoms. The molecule has 1 atom stereocenters. The van der Waals surface area contributed by atoms with Gasteiger partial charge in [0.2, 0.25) is 10.0 Å². The van der Waals surface area contributed by atoms with E-state index >= 15 is 0 Å². The third-order valence-corrected chi connectivity index (χ3v) is 3.73. The lowest BCUT2D eigenvalue weighted by molar-refractivity contribution is 0.0691. The molecule has 0 radical (unpaired) electrons. The zero-order valence-corrected chi connectivity index (χ0v) is 10.4. The van der Waals surface area contributed by atoms with Crippen LogP contribution in [0.25, 0.3) is 0 Å². The zero-order valence-electron chi connectivity index (χ0n) is 9.55. The fourth-order valence-corrected chi connectivity index (χ4v) is 2.44. The standard InChI is InChI=1S/C11H12FNO4S/c1-3-7(2)13-18(16,17)8-4-5-10(12)9(6-8)11(14)15/h3-7,13H,1H2,2H3,(H,14,15). The van der Waals surface area contributed by atoms with E-state index in [2.05, 4.69) is 11.3 Å². The molecular weight excluding hydrogens is 261 g/mol. The average molecular weight is 273 g/mol. The molecule has 1 rings (SSSR count). The molecule has 0 saturated heterocycles. The predicted molar refractivity (Wildman–Crippen MR) is 63.3 cm³/mol. The van der Waals surface area contributed by atoms with Crippen LogP contribution in [0.1, 0.15) is 17.3 Å². The Kier molecular flexibility index (Phi) is 4.20. The molecular formula is C11H12FNO4S. The summed E-state index contributed by atoms with van der Waals surface area (Å²) >= 11 is 0. The molecule has 1 aromatic rings. The molecule has 0 saturated carbocycles. The van der Waals surface area contributed by atoms with Crippen LogP contribution in [0, 0.1) is 5.82 Å². The average Bonchev–Trinajstić information content (AvgIpc) is 2.28. The molecule has 0 aromatic heterocycles. The summed E-state index contributed by atoms with van der Waals surface area (Å²) in [4.78, 5) is 10.4. The number of carboxylic acid groups (broad SMARTS) is 1. The number of sulfonamides is 1. The third kappa shape index (κ3) is 3.14. The van der Waals surface area contributed by atoms with Gasteiger partial charge in [0.25, 0.3) is 0 Å². The normalized spacial score (nSPS) is 13.0. The molecule has 5 nitrogen and oxygen atoms in total. The summed E-state index contributed by atoms with van der Waals surface area (Å²) in [5.41, 5.74) is -0.691. The summed E-state index contributed by atoms with van der Waals surface area (Å²) in [6.45, 7) is 4.98. The number of carboxylic acids is 1. The quantitative estimate of drug-likeness (QED) is 0.794. The SMILES string of the molecule is C=CC(C)NS(=O)(=O)c1ccc(F)c(C(=O)O)c1. The second-order valence-corrected chi connectivity index (χ2v) is 5.31. The van der Waals surface area contributed by atoms with Gasteiger partial charge >= 0.3 is 5.97 Å². The van der Waals surface area contributed by atoms with E-state index in [9.17, 15) is 17.6 Å². The minimum absolute atomic E-state index is 0.310. The first-order valence-electron chi connectivity index (χ1n) is 4.95. The topological polar surface area (TPSA) is 83.5 Å². The fraction of sp³-hybridized carbons (Fsp3) is 0.182. The number of nitrogens with one attached hydrogen (secondary N) is 1. The van der Waals surface area contributed by atoms with Crippen molar-refractivity contribution in [2.24, 2.45) is 0 Å². The molecule has 0 aliphatic carbocycles. The molecule has 0 aliphatic rings. The Hall–Kier alpha value is -1.73. The third-order valence-electron chi connectivity index (χ3n) is 2.17. The van der Waals surface area contributed by atoms with Crippen LogP contribution in [0.2, 0.25) is 0 Å². The maximum Gasteiger partial charge on any atom is 0.338 e. The first kappa shape index (κ1) is 14.3. The Bertz CT molecular complexity index is 583. The fourth-order valence-electron chi connectivity index (χ4n) is 1.20. The highest BCUT2D eigenvalue weighted by Gasteiger charge is 2.19. The number of aromatic carboxylic acids is 1. The van der Waals surface area contributed by atoms with Gasteiger partial charge in [0.15, 0.2) is 0 Å². The number of benzene rings is 1. The predicted octanol–water partition coefficient (Wildman–Crippen LogP) is 1.38. The Morgan fingerprint density at radius 3 is 2.67 bits per heavy atom. The largest absolute Gasteiger partial charge is 0.478 e. The van der Waals surface area contributed by atoms with E-state index in [1.54, 1.807) is 6.92 Å². The molecule has 0 fully saturated rings. The minimum atomic E-state index is -3.90. The van der Waals surface area contributed by atoms with Crippen molar-refractivity contribution in [1.82, 2.24) is 4.72 Å². The minimum Gasteiger partial charge on any atom is -0.478 e. The summed E-state index contributed by atoms with van der Waals surface area (Å²) in [5, 5.41) is 8.71. The monoisotopic (exact) mass is 273 g/mol. The second-order valence-electron chi connectivity index (χ2n) is 3.59. The number of carbonyl (C=O) groups is 1. The maximum atomic E-state index is 13.1. The van der Waals surface area contributed by atoms with Crippen molar-refractivity contribution in [3.63, 3.8) is 0 Å². The van der Waals surface area contributed by atoms with E-state index in [-0.39, 0.29) is 4.90 Å². The first-order chi connectivity index (χ1) is 8.27. The maximum absolute atomic E-state index is 13.1. The van der Waals surface area contributed by atoms with Crippen LogP contribution in [0.3, 0.4) is 0 Å². The van der Waals surface area contributed by atoms with E-state index in [4.69, 9.17) is 5.11 Å². The molecule has 7 heteroatoms. The molecule has 0 aliphatic heterocycles. The van der Waals surface area contributed by atoms with Crippen molar-refractivity contribution < 1.29 is 22.7 Å². The number of hydrogen-bond donors (Lipinski definition) is 2. The van der Waals surface area contributed by atoms with Crippen molar-refractivity contribution in [1.29, 1.82) is 0 Å². The lowest BCUT2D eigenvalue weighted by Gasteiger charge is -2.10. The highest BCUT2D eigenvalue weighted by molar-refractivity contribution is 7.89. The molecule has 0 bridgehead atoms. The Morgan fingerprint density at radius 1 is 1.56 bits per heavy atom. The van der Waals surface area contributed by atoms with E-state index in [1.807, 2.05) is 0 Å². The van der Waals surface area contributed by atoms with Gasteiger partial charge in [0.1, 0.15) is 5.82 Å². The van der Waals surface area contributed by atoms with Crippen molar-refractivity contribution in [3.8, 4) is 0 Å². The van der Waals surface area contributed by atoms with E-state index < -0.39 is 33.4 Å². The number of hydrogen-bond acceptors (Lipinski definition) is 3. The van der Waals surface area contributed by atoms with Gasteiger partial charge in [-0.15, -0.1) is 6.58 Å². The van der Waals surface area contributed by atoms with Crippen LogP contribution in [0.15, 0.2) is 35.7 Å². The highest BCUT2D eigenvalue weighted by atomic mass is 32.2. The number of rotatable bonds is 5. The van der Waals surface area contributed by atoms with Gasteiger partial charge < -0.3 is 5.11 Å². The Balaban J connectivity index is 3.22. The van der Waals surface area contributed by atoms with Crippen molar-refractivity contribution in [3.05, 3.63) is 42.2 Å². The van der Waals surface area contributed by atoms with E-state index in [0.717, 1.165) is 18.2 Å². The van der Waals surface area contributed by atoms with Crippen LogP contribution in [-0.4, -0.2) is 25.5 Å². The number of halogens is 1. The summed E-state index contributed by atoms with van der Waals surface area (Å²) in [7, 11) is -3.90. The van der Waals surface area contributed by atoms with Gasteiger partial charge in [-0.3, -0.25) is 0 Å².